The summed E-state index contributed by atoms with van der Waals surface area (Å²) in [6.07, 6.45) is 2.07. The molecule has 2 aromatic rings. The molecule has 1 heterocycles. The summed E-state index contributed by atoms with van der Waals surface area (Å²) in [6, 6.07) is 10.6. The van der Waals surface area contributed by atoms with Crippen LogP contribution in [0.15, 0.2) is 47.4 Å². The van der Waals surface area contributed by atoms with Crippen LogP contribution in [0.3, 0.4) is 0 Å². The maximum absolute atomic E-state index is 11.8. The molecule has 1 aromatic carbocycles. The van der Waals surface area contributed by atoms with E-state index in [9.17, 15) is 9.59 Å². The Labute approximate surface area is 129 Å². The van der Waals surface area contributed by atoms with Crippen molar-refractivity contribution in [1.82, 2.24) is 10.3 Å². The van der Waals surface area contributed by atoms with Crippen LogP contribution < -0.4 is 16.6 Å². The van der Waals surface area contributed by atoms with Crippen LogP contribution in [0.25, 0.3) is 11.1 Å². The topological polar surface area (TPSA) is 88.0 Å². The fourth-order valence-electron chi connectivity index (χ4n) is 2.21. The number of carbonyl (C=O) groups excluding carboxylic acids is 1. The molecule has 0 aliphatic heterocycles. The van der Waals surface area contributed by atoms with Gasteiger partial charge in [0.15, 0.2) is 0 Å². The lowest BCUT2D eigenvalue weighted by atomic mass is 10.0. The highest BCUT2D eigenvalue weighted by atomic mass is 16.2. The van der Waals surface area contributed by atoms with Crippen LogP contribution in [0, 0.1) is 0 Å². The minimum atomic E-state index is -0.576. The van der Waals surface area contributed by atoms with Crippen LogP contribution in [0.4, 0.5) is 0 Å². The zero-order valence-electron chi connectivity index (χ0n) is 12.8. The molecule has 1 amide bonds. The highest BCUT2D eigenvalue weighted by molar-refractivity contribution is 5.82. The van der Waals surface area contributed by atoms with Crippen molar-refractivity contribution in [3.05, 3.63) is 58.5 Å². The van der Waals surface area contributed by atoms with Gasteiger partial charge in [-0.2, -0.15) is 0 Å². The molecule has 0 bridgehead atoms. The summed E-state index contributed by atoms with van der Waals surface area (Å²) in [5, 5.41) is 2.80. The molecule has 0 radical (unpaired) electrons. The van der Waals surface area contributed by atoms with Gasteiger partial charge in [-0.15, -0.1) is 0 Å². The lowest BCUT2D eigenvalue weighted by Gasteiger charge is -2.14. The van der Waals surface area contributed by atoms with Crippen molar-refractivity contribution in [2.24, 2.45) is 5.73 Å². The van der Waals surface area contributed by atoms with Crippen LogP contribution in [-0.2, 0) is 11.2 Å². The molecule has 116 valence electrons. The normalized spacial score (nSPS) is 12.2. The van der Waals surface area contributed by atoms with Gasteiger partial charge in [0.05, 0.1) is 6.04 Å². The van der Waals surface area contributed by atoms with Gasteiger partial charge in [-0.3, -0.25) is 9.59 Å². The molecule has 0 saturated heterocycles. The molecule has 5 nitrogen and oxygen atoms in total. The number of hydrogen-bond acceptors (Lipinski definition) is 3. The number of pyridine rings is 1. The number of H-pyrrole nitrogens is 1. The predicted octanol–water partition coefficient (Wildman–Crippen LogP) is 1.44. The van der Waals surface area contributed by atoms with Crippen LogP contribution in [0.2, 0.25) is 0 Å². The first-order chi connectivity index (χ1) is 10.5. The number of carbonyl (C=O) groups is 1. The number of nitrogens with two attached hydrogens (primary N) is 1. The van der Waals surface area contributed by atoms with E-state index < -0.39 is 6.04 Å². The molecule has 22 heavy (non-hydrogen) atoms. The molecule has 0 fully saturated rings. The van der Waals surface area contributed by atoms with Crippen LogP contribution in [-0.4, -0.2) is 23.0 Å². The summed E-state index contributed by atoms with van der Waals surface area (Å²) in [7, 11) is 0. The summed E-state index contributed by atoms with van der Waals surface area (Å²) in [4.78, 5) is 26.2. The SMILES string of the molecule is CC(C)NC(=O)C(N)Cc1ccc(-c2ccc[nH]c2=O)cc1. The summed E-state index contributed by atoms with van der Waals surface area (Å²) in [5.74, 6) is -0.154. The Morgan fingerprint density at radius 3 is 2.50 bits per heavy atom. The van der Waals surface area contributed by atoms with E-state index in [0.717, 1.165) is 11.1 Å². The predicted molar refractivity (Wildman–Crippen MR) is 87.5 cm³/mol. The van der Waals surface area contributed by atoms with Crippen molar-refractivity contribution in [2.45, 2.75) is 32.4 Å². The molecule has 1 atom stereocenters. The van der Waals surface area contributed by atoms with E-state index in [4.69, 9.17) is 5.73 Å². The summed E-state index contributed by atoms with van der Waals surface area (Å²) >= 11 is 0. The second kappa shape index (κ2) is 7.04. The third-order valence-electron chi connectivity index (χ3n) is 3.31. The smallest absolute Gasteiger partial charge is 0.255 e. The van der Waals surface area contributed by atoms with Crippen LogP contribution in [0.1, 0.15) is 19.4 Å². The Kier molecular flexibility index (Phi) is 5.12. The first-order valence-corrected chi connectivity index (χ1v) is 7.30. The monoisotopic (exact) mass is 299 g/mol. The summed E-state index contributed by atoms with van der Waals surface area (Å²) < 4.78 is 0. The fourth-order valence-corrected chi connectivity index (χ4v) is 2.21. The minimum absolute atomic E-state index is 0.0748. The molecule has 4 N–H and O–H groups in total. The van der Waals surface area contributed by atoms with Crippen LogP contribution >= 0.6 is 0 Å². The number of benzene rings is 1. The van der Waals surface area contributed by atoms with Crippen molar-refractivity contribution in [3.63, 3.8) is 0 Å². The van der Waals surface area contributed by atoms with Gasteiger partial charge in [0.2, 0.25) is 5.91 Å². The first kappa shape index (κ1) is 16.0. The lowest BCUT2D eigenvalue weighted by molar-refractivity contribution is -0.122. The first-order valence-electron chi connectivity index (χ1n) is 7.30. The zero-order chi connectivity index (χ0) is 16.1. The van der Waals surface area contributed by atoms with Gasteiger partial charge in [0.1, 0.15) is 0 Å². The second-order valence-corrected chi connectivity index (χ2v) is 5.58. The van der Waals surface area contributed by atoms with Crippen molar-refractivity contribution in [3.8, 4) is 11.1 Å². The van der Waals surface area contributed by atoms with Gasteiger partial charge in [-0.1, -0.05) is 24.3 Å². The molecule has 0 aliphatic rings. The Morgan fingerprint density at radius 1 is 1.23 bits per heavy atom. The molecule has 0 saturated carbocycles. The van der Waals surface area contributed by atoms with E-state index in [1.807, 2.05) is 38.1 Å². The number of aromatic amines is 1. The number of amides is 1. The lowest BCUT2D eigenvalue weighted by Crippen LogP contribution is -2.44. The van der Waals surface area contributed by atoms with Crippen molar-refractivity contribution in [1.29, 1.82) is 0 Å². The average Bonchev–Trinajstić information content (AvgIpc) is 2.48. The van der Waals surface area contributed by atoms with Gasteiger partial charge in [-0.05, 0) is 43.5 Å². The quantitative estimate of drug-likeness (QED) is 0.780. The van der Waals surface area contributed by atoms with E-state index in [0.29, 0.717) is 12.0 Å². The van der Waals surface area contributed by atoms with Crippen LogP contribution in [0.5, 0.6) is 0 Å². The molecule has 1 aromatic heterocycles. The number of rotatable bonds is 5. The van der Waals surface area contributed by atoms with Gasteiger partial charge >= 0.3 is 0 Å². The van der Waals surface area contributed by atoms with E-state index in [1.54, 1.807) is 18.3 Å². The Balaban J connectivity index is 2.08. The van der Waals surface area contributed by atoms with Gasteiger partial charge in [0, 0.05) is 17.8 Å². The average molecular weight is 299 g/mol. The maximum atomic E-state index is 11.8. The minimum Gasteiger partial charge on any atom is -0.353 e. The third-order valence-corrected chi connectivity index (χ3v) is 3.31. The molecular formula is C17H21N3O2. The van der Waals surface area contributed by atoms with Crippen molar-refractivity contribution in [2.75, 3.05) is 0 Å². The second-order valence-electron chi connectivity index (χ2n) is 5.58. The summed E-state index contributed by atoms with van der Waals surface area (Å²) in [5.41, 5.74) is 8.20. The largest absolute Gasteiger partial charge is 0.353 e. The molecule has 1 unspecified atom stereocenters. The van der Waals surface area contributed by atoms with E-state index >= 15 is 0 Å². The van der Waals surface area contributed by atoms with Gasteiger partial charge < -0.3 is 16.0 Å². The molecule has 0 spiro atoms. The highest BCUT2D eigenvalue weighted by Crippen LogP contribution is 2.16. The Morgan fingerprint density at radius 2 is 1.91 bits per heavy atom. The standard InChI is InChI=1S/C17H21N3O2/c1-11(2)20-17(22)15(18)10-12-5-7-13(8-6-12)14-4-3-9-19-16(14)21/h3-9,11,15H,10,18H2,1-2H3,(H,19,21)(H,20,22). The van der Waals surface area contributed by atoms with Crippen molar-refractivity contribution >= 4 is 5.91 Å². The zero-order valence-corrected chi connectivity index (χ0v) is 12.8. The van der Waals surface area contributed by atoms with E-state index in [2.05, 4.69) is 10.3 Å². The highest BCUT2D eigenvalue weighted by Gasteiger charge is 2.14. The van der Waals surface area contributed by atoms with Crippen molar-refractivity contribution < 1.29 is 4.79 Å². The van der Waals surface area contributed by atoms with Gasteiger partial charge in [0.25, 0.3) is 5.56 Å². The van der Waals surface area contributed by atoms with E-state index in [-0.39, 0.29) is 17.5 Å². The number of aromatic nitrogens is 1. The molecule has 5 heteroatoms. The Hall–Kier alpha value is -2.40. The maximum Gasteiger partial charge on any atom is 0.255 e. The Bertz CT molecular complexity index is 690. The third kappa shape index (κ3) is 4.05. The number of nitrogens with one attached hydrogen (secondary N) is 2. The number of hydrogen-bond donors (Lipinski definition) is 3. The van der Waals surface area contributed by atoms with E-state index in [1.165, 1.54) is 0 Å². The summed E-state index contributed by atoms with van der Waals surface area (Å²) in [6.45, 7) is 3.80. The molecular weight excluding hydrogens is 278 g/mol. The molecule has 2 rings (SSSR count). The van der Waals surface area contributed by atoms with Gasteiger partial charge in [-0.25, -0.2) is 0 Å². The molecule has 0 aliphatic carbocycles. The fraction of sp³-hybridized carbons (Fsp3) is 0.294.